The Hall–Kier alpha value is -0.510. The van der Waals surface area contributed by atoms with E-state index in [9.17, 15) is 0 Å². The van der Waals surface area contributed by atoms with Gasteiger partial charge in [0.05, 0.1) is 6.61 Å². The third-order valence-electron chi connectivity index (χ3n) is 2.94. The SMILES string of the molecule is CC(C)(C)NCc1ccc(SC2CCOC2)cc1. The van der Waals surface area contributed by atoms with Crippen LogP contribution in [0.4, 0.5) is 0 Å². The molecule has 1 atom stereocenters. The van der Waals surface area contributed by atoms with E-state index in [0.29, 0.717) is 5.25 Å². The molecular weight excluding hydrogens is 242 g/mol. The van der Waals surface area contributed by atoms with Crippen LogP contribution in [0.25, 0.3) is 0 Å². The molecule has 0 radical (unpaired) electrons. The molecule has 0 saturated carbocycles. The smallest absolute Gasteiger partial charge is 0.0589 e. The zero-order valence-electron chi connectivity index (χ0n) is 11.5. The molecule has 1 unspecified atom stereocenters. The van der Waals surface area contributed by atoms with Crippen LogP contribution in [0.5, 0.6) is 0 Å². The van der Waals surface area contributed by atoms with Crippen molar-refractivity contribution in [3.63, 3.8) is 0 Å². The molecule has 0 bridgehead atoms. The third-order valence-corrected chi connectivity index (χ3v) is 4.19. The lowest BCUT2D eigenvalue weighted by atomic mass is 10.1. The second kappa shape index (κ2) is 6.09. The maximum absolute atomic E-state index is 5.40. The highest BCUT2D eigenvalue weighted by Gasteiger charge is 2.16. The Morgan fingerprint density at radius 2 is 2.00 bits per heavy atom. The molecule has 2 rings (SSSR count). The second-order valence-corrected chi connectivity index (χ2v) is 7.22. The van der Waals surface area contributed by atoms with Crippen LogP contribution in [0.1, 0.15) is 32.8 Å². The molecular formula is C15H23NOS. The number of rotatable bonds is 4. The van der Waals surface area contributed by atoms with Crippen LogP contribution >= 0.6 is 11.8 Å². The highest BCUT2D eigenvalue weighted by molar-refractivity contribution is 8.00. The molecule has 100 valence electrons. The minimum atomic E-state index is 0.175. The van der Waals surface area contributed by atoms with E-state index in [4.69, 9.17) is 4.74 Å². The summed E-state index contributed by atoms with van der Waals surface area (Å²) in [5, 5.41) is 4.15. The van der Waals surface area contributed by atoms with Gasteiger partial charge < -0.3 is 10.1 Å². The zero-order valence-corrected chi connectivity index (χ0v) is 12.3. The minimum absolute atomic E-state index is 0.175. The first-order valence-corrected chi connectivity index (χ1v) is 7.49. The molecule has 0 amide bonds. The lowest BCUT2D eigenvalue weighted by Gasteiger charge is -2.20. The Bertz CT molecular complexity index is 363. The molecule has 1 aromatic carbocycles. The van der Waals surface area contributed by atoms with Gasteiger partial charge in [-0.05, 0) is 44.9 Å². The molecule has 0 spiro atoms. The van der Waals surface area contributed by atoms with Gasteiger partial charge in [0.1, 0.15) is 0 Å². The van der Waals surface area contributed by atoms with Crippen molar-refractivity contribution in [3.05, 3.63) is 29.8 Å². The Morgan fingerprint density at radius 3 is 2.56 bits per heavy atom. The summed E-state index contributed by atoms with van der Waals surface area (Å²) in [6.07, 6.45) is 1.18. The number of hydrogen-bond donors (Lipinski definition) is 1. The monoisotopic (exact) mass is 265 g/mol. The normalized spacial score (nSPS) is 20.3. The lowest BCUT2D eigenvalue weighted by molar-refractivity contribution is 0.199. The van der Waals surface area contributed by atoms with E-state index >= 15 is 0 Å². The fourth-order valence-electron chi connectivity index (χ4n) is 1.85. The van der Waals surface area contributed by atoms with Gasteiger partial charge in [0.2, 0.25) is 0 Å². The Kier molecular flexibility index (Phi) is 4.71. The molecule has 0 aromatic heterocycles. The predicted molar refractivity (Wildman–Crippen MR) is 78.1 cm³/mol. The van der Waals surface area contributed by atoms with Crippen molar-refractivity contribution in [2.45, 2.75) is 49.4 Å². The summed E-state index contributed by atoms with van der Waals surface area (Å²) in [5.74, 6) is 0. The van der Waals surface area contributed by atoms with Crippen molar-refractivity contribution in [1.82, 2.24) is 5.32 Å². The van der Waals surface area contributed by atoms with E-state index in [1.807, 2.05) is 11.8 Å². The molecule has 2 nitrogen and oxygen atoms in total. The van der Waals surface area contributed by atoms with E-state index in [-0.39, 0.29) is 5.54 Å². The van der Waals surface area contributed by atoms with E-state index in [1.54, 1.807) is 0 Å². The van der Waals surface area contributed by atoms with Gasteiger partial charge in [0.15, 0.2) is 0 Å². The van der Waals surface area contributed by atoms with Gasteiger partial charge in [-0.3, -0.25) is 0 Å². The van der Waals surface area contributed by atoms with Gasteiger partial charge in [-0.2, -0.15) is 0 Å². The van der Waals surface area contributed by atoms with Crippen LogP contribution in [-0.2, 0) is 11.3 Å². The number of ether oxygens (including phenoxy) is 1. The van der Waals surface area contributed by atoms with Crippen LogP contribution in [0.15, 0.2) is 29.2 Å². The molecule has 1 aromatic rings. The van der Waals surface area contributed by atoms with Gasteiger partial charge in [-0.15, -0.1) is 11.8 Å². The summed E-state index contributed by atoms with van der Waals surface area (Å²) in [6, 6.07) is 8.89. The number of hydrogen-bond acceptors (Lipinski definition) is 3. The quantitative estimate of drug-likeness (QED) is 0.901. The largest absolute Gasteiger partial charge is 0.380 e. The van der Waals surface area contributed by atoms with Gasteiger partial charge in [-0.25, -0.2) is 0 Å². The van der Waals surface area contributed by atoms with E-state index in [2.05, 4.69) is 50.4 Å². The third kappa shape index (κ3) is 4.63. The standard InChI is InChI=1S/C15H23NOS/c1-15(2,3)16-10-12-4-6-13(7-5-12)18-14-8-9-17-11-14/h4-7,14,16H,8-11H2,1-3H3. The van der Waals surface area contributed by atoms with Gasteiger partial charge >= 0.3 is 0 Å². The maximum Gasteiger partial charge on any atom is 0.0589 e. The summed E-state index contributed by atoms with van der Waals surface area (Å²) in [7, 11) is 0. The van der Waals surface area contributed by atoms with Crippen LogP contribution in [0.3, 0.4) is 0 Å². The van der Waals surface area contributed by atoms with E-state index < -0.39 is 0 Å². The average Bonchev–Trinajstić information content (AvgIpc) is 2.80. The zero-order chi connectivity index (χ0) is 13.0. The minimum Gasteiger partial charge on any atom is -0.380 e. The number of benzene rings is 1. The highest BCUT2D eigenvalue weighted by Crippen LogP contribution is 2.28. The van der Waals surface area contributed by atoms with Gasteiger partial charge in [0, 0.05) is 28.8 Å². The fraction of sp³-hybridized carbons (Fsp3) is 0.600. The van der Waals surface area contributed by atoms with Crippen molar-refractivity contribution in [2.24, 2.45) is 0 Å². The molecule has 3 heteroatoms. The van der Waals surface area contributed by atoms with Crippen LogP contribution in [0.2, 0.25) is 0 Å². The summed E-state index contributed by atoms with van der Waals surface area (Å²) in [6.45, 7) is 9.33. The van der Waals surface area contributed by atoms with Crippen molar-refractivity contribution in [1.29, 1.82) is 0 Å². The molecule has 1 aliphatic rings. The summed E-state index contributed by atoms with van der Waals surface area (Å²) in [4.78, 5) is 1.35. The lowest BCUT2D eigenvalue weighted by Crippen LogP contribution is -2.35. The number of thioether (sulfide) groups is 1. The van der Waals surface area contributed by atoms with Crippen molar-refractivity contribution >= 4 is 11.8 Å². The van der Waals surface area contributed by atoms with E-state index in [1.165, 1.54) is 16.9 Å². The second-order valence-electron chi connectivity index (χ2n) is 5.85. The van der Waals surface area contributed by atoms with Crippen molar-refractivity contribution < 1.29 is 4.74 Å². The maximum atomic E-state index is 5.40. The summed E-state index contributed by atoms with van der Waals surface area (Å²) in [5.41, 5.74) is 1.52. The Labute approximate surface area is 114 Å². The number of nitrogens with one attached hydrogen (secondary N) is 1. The average molecular weight is 265 g/mol. The van der Waals surface area contributed by atoms with Crippen LogP contribution < -0.4 is 5.32 Å². The molecule has 1 N–H and O–H groups in total. The Balaban J connectivity index is 1.85. The summed E-state index contributed by atoms with van der Waals surface area (Å²) >= 11 is 1.94. The Morgan fingerprint density at radius 1 is 1.28 bits per heavy atom. The first kappa shape index (κ1) is 13.9. The van der Waals surface area contributed by atoms with Crippen molar-refractivity contribution in [3.8, 4) is 0 Å². The fourth-order valence-corrected chi connectivity index (χ4v) is 2.91. The topological polar surface area (TPSA) is 21.3 Å². The molecule has 1 saturated heterocycles. The molecule has 1 heterocycles. The van der Waals surface area contributed by atoms with Crippen LogP contribution in [0, 0.1) is 0 Å². The highest BCUT2D eigenvalue weighted by atomic mass is 32.2. The summed E-state index contributed by atoms with van der Waals surface area (Å²) < 4.78 is 5.40. The predicted octanol–water partition coefficient (Wildman–Crippen LogP) is 3.46. The van der Waals surface area contributed by atoms with Gasteiger partial charge in [-0.1, -0.05) is 12.1 Å². The molecule has 18 heavy (non-hydrogen) atoms. The molecule has 1 fully saturated rings. The van der Waals surface area contributed by atoms with E-state index in [0.717, 1.165) is 19.8 Å². The van der Waals surface area contributed by atoms with Crippen LogP contribution in [-0.4, -0.2) is 24.0 Å². The first-order chi connectivity index (χ1) is 8.53. The van der Waals surface area contributed by atoms with Gasteiger partial charge in [0.25, 0.3) is 0 Å². The molecule has 0 aliphatic carbocycles. The first-order valence-electron chi connectivity index (χ1n) is 6.61. The van der Waals surface area contributed by atoms with Crippen molar-refractivity contribution in [2.75, 3.05) is 13.2 Å². The molecule has 1 aliphatic heterocycles.